The van der Waals surface area contributed by atoms with Crippen molar-refractivity contribution in [2.75, 3.05) is 0 Å². The van der Waals surface area contributed by atoms with E-state index in [4.69, 9.17) is 33.1 Å². The fourth-order valence-electron chi connectivity index (χ4n) is 2.46. The lowest BCUT2D eigenvalue weighted by Crippen LogP contribution is -2.58. The van der Waals surface area contributed by atoms with E-state index in [2.05, 4.69) is 5.32 Å². The van der Waals surface area contributed by atoms with Crippen LogP contribution in [0.5, 0.6) is 0 Å². The minimum atomic E-state index is -1.79. The van der Waals surface area contributed by atoms with Crippen LogP contribution in [0.3, 0.4) is 0 Å². The Hall–Kier alpha value is -4.28. The number of carboxylic acid groups (broad SMARTS) is 2. The lowest BCUT2D eigenvalue weighted by Gasteiger charge is -2.24. The summed E-state index contributed by atoms with van der Waals surface area (Å²) in [6, 6.07) is -6.61. The molecule has 0 aliphatic rings. The third-order valence-electron chi connectivity index (χ3n) is 4.10. The molecule has 0 rings (SSSR count). The maximum Gasteiger partial charge on any atom is 0.326 e. The first-order valence-corrected chi connectivity index (χ1v) is 9.60. The summed E-state index contributed by atoms with van der Waals surface area (Å²) in [6.45, 7) is 0. The second-order valence-corrected chi connectivity index (χ2v) is 7.07. The van der Waals surface area contributed by atoms with E-state index >= 15 is 0 Å². The summed E-state index contributed by atoms with van der Waals surface area (Å²) in [6.07, 6.45) is -3.15. The summed E-state index contributed by atoms with van der Waals surface area (Å²) in [7, 11) is 0. The highest BCUT2D eigenvalue weighted by Gasteiger charge is 2.32. The predicted molar refractivity (Wildman–Crippen MR) is 110 cm³/mol. The van der Waals surface area contributed by atoms with Crippen molar-refractivity contribution in [3.8, 4) is 0 Å². The quantitative estimate of drug-likeness (QED) is 0.0983. The molecule has 0 saturated carbocycles. The van der Waals surface area contributed by atoms with Gasteiger partial charge in [0.1, 0.15) is 18.1 Å². The summed E-state index contributed by atoms with van der Waals surface area (Å²) in [5.74, 6) is -9.51. The van der Waals surface area contributed by atoms with Gasteiger partial charge in [0, 0.05) is 6.42 Å². The van der Waals surface area contributed by atoms with Gasteiger partial charge >= 0.3 is 11.9 Å². The zero-order valence-corrected chi connectivity index (χ0v) is 17.8. The van der Waals surface area contributed by atoms with Gasteiger partial charge in [0.05, 0.1) is 25.3 Å². The van der Waals surface area contributed by atoms with E-state index in [9.17, 15) is 38.4 Å². The second-order valence-electron chi connectivity index (χ2n) is 7.07. The summed E-state index contributed by atoms with van der Waals surface area (Å²) in [4.78, 5) is 92.6. The number of hydrogen-bond acceptors (Lipinski definition) is 9. The third kappa shape index (κ3) is 11.9. The summed E-state index contributed by atoms with van der Waals surface area (Å²) in [5.41, 5.74) is 20.6. The normalized spacial score (nSPS) is 13.9. The number of nitrogens with two attached hydrogens (primary N) is 4. The zero-order valence-electron chi connectivity index (χ0n) is 17.8. The summed E-state index contributed by atoms with van der Waals surface area (Å²) >= 11 is 0. The second kappa shape index (κ2) is 14.0. The van der Waals surface area contributed by atoms with Crippen LogP contribution in [0.25, 0.3) is 0 Å². The van der Waals surface area contributed by atoms with Crippen molar-refractivity contribution in [3.63, 3.8) is 0 Å². The van der Waals surface area contributed by atoms with Gasteiger partial charge in [0.15, 0.2) is 0 Å². The molecule has 0 aliphatic carbocycles. The average molecular weight is 489 g/mol. The maximum atomic E-state index is 12.6. The van der Waals surface area contributed by atoms with Crippen LogP contribution in [0.4, 0.5) is 0 Å². The van der Waals surface area contributed by atoms with E-state index in [1.807, 2.05) is 10.6 Å². The monoisotopic (exact) mass is 489 g/mol. The summed E-state index contributed by atoms with van der Waals surface area (Å²) in [5, 5.41) is 23.8. The highest BCUT2D eigenvalue weighted by atomic mass is 16.4. The Morgan fingerprint density at radius 1 is 0.618 bits per heavy atom. The molecule has 0 heterocycles. The number of carbonyl (C=O) groups excluding carboxylic acids is 6. The Kier molecular flexibility index (Phi) is 12.2. The molecule has 4 unspecified atom stereocenters. The Bertz CT molecular complexity index is 847. The van der Waals surface area contributed by atoms with E-state index in [-0.39, 0.29) is 6.42 Å². The SMILES string of the molecule is NC(=O)CC(NC(=O)C(CC(N)=O)NC(=O)C(CC(N)=O)NC(=O)C(N)CCC(=O)O)C(=O)O. The number of carbonyl (C=O) groups is 8. The molecular weight excluding hydrogens is 462 g/mol. The lowest BCUT2D eigenvalue weighted by atomic mass is 10.1. The van der Waals surface area contributed by atoms with Gasteiger partial charge in [0.25, 0.3) is 0 Å². The van der Waals surface area contributed by atoms with Gasteiger partial charge in [-0.15, -0.1) is 0 Å². The molecule has 34 heavy (non-hydrogen) atoms. The molecule has 0 aliphatic heterocycles. The molecular formula is C17H27N7O10. The molecule has 0 aromatic rings. The maximum absolute atomic E-state index is 12.6. The topological polar surface area (TPSA) is 317 Å². The van der Waals surface area contributed by atoms with Gasteiger partial charge in [-0.2, -0.15) is 0 Å². The fraction of sp³-hybridized carbons (Fsp3) is 0.529. The molecule has 0 bridgehead atoms. The smallest absolute Gasteiger partial charge is 0.326 e. The van der Waals surface area contributed by atoms with Gasteiger partial charge in [-0.3, -0.25) is 33.6 Å². The van der Waals surface area contributed by atoms with E-state index < -0.39 is 97.2 Å². The van der Waals surface area contributed by atoms with E-state index in [1.54, 1.807) is 0 Å². The Labute approximate surface area is 191 Å². The molecule has 0 aromatic carbocycles. The first-order valence-electron chi connectivity index (χ1n) is 9.60. The first-order chi connectivity index (χ1) is 15.6. The van der Waals surface area contributed by atoms with E-state index in [0.717, 1.165) is 0 Å². The number of aliphatic carboxylic acids is 2. The van der Waals surface area contributed by atoms with Gasteiger partial charge < -0.3 is 49.1 Å². The zero-order chi connectivity index (χ0) is 26.6. The molecule has 0 aromatic heterocycles. The highest BCUT2D eigenvalue weighted by Crippen LogP contribution is 2.02. The predicted octanol–water partition coefficient (Wildman–Crippen LogP) is -5.66. The number of hydrogen-bond donors (Lipinski definition) is 9. The largest absolute Gasteiger partial charge is 0.481 e. The molecule has 4 atom stereocenters. The van der Waals surface area contributed by atoms with E-state index in [1.165, 1.54) is 0 Å². The van der Waals surface area contributed by atoms with Crippen LogP contribution in [-0.4, -0.2) is 81.8 Å². The molecule has 190 valence electrons. The van der Waals surface area contributed by atoms with Crippen molar-refractivity contribution < 1.29 is 48.6 Å². The van der Waals surface area contributed by atoms with Crippen LogP contribution in [0, 0.1) is 0 Å². The molecule has 0 spiro atoms. The van der Waals surface area contributed by atoms with Crippen LogP contribution in [0.15, 0.2) is 0 Å². The number of nitrogens with one attached hydrogen (secondary N) is 3. The molecule has 17 heteroatoms. The summed E-state index contributed by atoms with van der Waals surface area (Å²) < 4.78 is 0. The lowest BCUT2D eigenvalue weighted by molar-refractivity contribution is -0.144. The van der Waals surface area contributed by atoms with Crippen molar-refractivity contribution in [2.45, 2.75) is 56.3 Å². The first kappa shape index (κ1) is 29.7. The van der Waals surface area contributed by atoms with Crippen molar-refractivity contribution in [3.05, 3.63) is 0 Å². The Balaban J connectivity index is 5.54. The minimum Gasteiger partial charge on any atom is -0.481 e. The molecule has 6 amide bonds. The number of amides is 6. The third-order valence-corrected chi connectivity index (χ3v) is 4.10. The van der Waals surface area contributed by atoms with Crippen LogP contribution in [-0.2, 0) is 38.4 Å². The van der Waals surface area contributed by atoms with Crippen molar-refractivity contribution in [1.29, 1.82) is 0 Å². The fourth-order valence-corrected chi connectivity index (χ4v) is 2.46. The molecule has 17 nitrogen and oxygen atoms in total. The highest BCUT2D eigenvalue weighted by molar-refractivity contribution is 5.98. The van der Waals surface area contributed by atoms with Crippen molar-refractivity contribution in [1.82, 2.24) is 16.0 Å². The van der Waals surface area contributed by atoms with Crippen LogP contribution in [0.1, 0.15) is 32.1 Å². The van der Waals surface area contributed by atoms with Crippen molar-refractivity contribution >= 4 is 47.4 Å². The van der Waals surface area contributed by atoms with Gasteiger partial charge in [-0.05, 0) is 6.42 Å². The Morgan fingerprint density at radius 2 is 0.971 bits per heavy atom. The van der Waals surface area contributed by atoms with Crippen LogP contribution < -0.4 is 38.9 Å². The molecule has 0 saturated heterocycles. The Morgan fingerprint density at radius 3 is 1.32 bits per heavy atom. The minimum absolute atomic E-state index is 0.296. The molecule has 13 N–H and O–H groups in total. The molecule has 0 fully saturated rings. The van der Waals surface area contributed by atoms with Gasteiger partial charge in [-0.25, -0.2) is 4.79 Å². The average Bonchev–Trinajstić information content (AvgIpc) is 2.68. The van der Waals surface area contributed by atoms with Crippen LogP contribution in [0.2, 0.25) is 0 Å². The van der Waals surface area contributed by atoms with Crippen molar-refractivity contribution in [2.24, 2.45) is 22.9 Å². The number of rotatable bonds is 16. The van der Waals surface area contributed by atoms with Gasteiger partial charge in [0.2, 0.25) is 35.4 Å². The van der Waals surface area contributed by atoms with E-state index in [0.29, 0.717) is 0 Å². The van der Waals surface area contributed by atoms with Crippen LogP contribution >= 0.6 is 0 Å². The number of carboxylic acids is 2. The number of primary amides is 3. The molecule has 0 radical (unpaired) electrons. The standard InChI is InChI=1S/C17H27N7O10/c18-6(1-2-13(28)29)14(30)22-7(3-10(19)25)15(31)23-8(4-11(20)26)16(32)24-9(17(33)34)5-12(21)27/h6-9H,1-5,18H2,(H2,19,25)(H2,20,26)(H2,21,27)(H,22,30)(H,23,31)(H,24,32)(H,28,29)(H,33,34). The van der Waals surface area contributed by atoms with Gasteiger partial charge in [-0.1, -0.05) is 0 Å².